The molecule has 0 saturated heterocycles. The first-order valence-corrected chi connectivity index (χ1v) is 11.1. The number of para-hydroxylation sites is 1. The average molecular weight is 457 g/mol. The molecule has 0 unspecified atom stereocenters. The van der Waals surface area contributed by atoms with Crippen molar-refractivity contribution in [2.24, 2.45) is 0 Å². The molecule has 0 radical (unpaired) electrons. The van der Waals surface area contributed by atoms with Gasteiger partial charge in [-0.25, -0.2) is 0 Å². The van der Waals surface area contributed by atoms with Crippen LogP contribution in [0.2, 0.25) is 0 Å². The zero-order valence-electron chi connectivity index (χ0n) is 18.9. The molecule has 0 amide bonds. The van der Waals surface area contributed by atoms with Gasteiger partial charge in [-0.1, -0.05) is 24.3 Å². The molecule has 0 fully saturated rings. The number of aryl methyl sites for hydroxylation is 1. The van der Waals surface area contributed by atoms with Gasteiger partial charge in [0.2, 0.25) is 12.2 Å². The lowest BCUT2D eigenvalue weighted by Crippen LogP contribution is -2.31. The predicted molar refractivity (Wildman–Crippen MR) is 127 cm³/mol. The van der Waals surface area contributed by atoms with Crippen LogP contribution in [0.15, 0.2) is 63.8 Å². The second-order valence-corrected chi connectivity index (χ2v) is 8.43. The molecule has 7 nitrogen and oxygen atoms in total. The SMILES string of the molecule is COc1ccccc1-c1c(C)oc2c3c(ccc2c1=O)OCN(Cc1ccc2c(c1)OCO2)C3. The van der Waals surface area contributed by atoms with Gasteiger partial charge in [-0.05, 0) is 42.8 Å². The van der Waals surface area contributed by atoms with E-state index in [2.05, 4.69) is 4.90 Å². The minimum atomic E-state index is -0.0843. The highest BCUT2D eigenvalue weighted by molar-refractivity contribution is 5.87. The first kappa shape index (κ1) is 20.6. The molecule has 0 atom stereocenters. The fourth-order valence-corrected chi connectivity index (χ4v) is 4.68. The van der Waals surface area contributed by atoms with E-state index in [1.165, 1.54) is 0 Å². The molecule has 7 heteroatoms. The molecule has 6 rings (SSSR count). The van der Waals surface area contributed by atoms with E-state index in [1.54, 1.807) is 13.2 Å². The molecular formula is C27H23NO6. The summed E-state index contributed by atoms with van der Waals surface area (Å²) in [5.74, 6) is 3.43. The van der Waals surface area contributed by atoms with Crippen molar-refractivity contribution >= 4 is 11.0 Å². The Morgan fingerprint density at radius 1 is 0.971 bits per heavy atom. The molecule has 4 aromatic rings. The lowest BCUT2D eigenvalue weighted by atomic mass is 9.99. The van der Waals surface area contributed by atoms with Crippen molar-refractivity contribution < 1.29 is 23.4 Å². The monoisotopic (exact) mass is 457 g/mol. The largest absolute Gasteiger partial charge is 0.496 e. The minimum Gasteiger partial charge on any atom is -0.496 e. The van der Waals surface area contributed by atoms with Crippen molar-refractivity contribution in [3.05, 3.63) is 81.7 Å². The van der Waals surface area contributed by atoms with Crippen LogP contribution in [0.25, 0.3) is 22.1 Å². The smallest absolute Gasteiger partial charge is 0.231 e. The Morgan fingerprint density at radius 2 is 1.79 bits per heavy atom. The molecule has 3 aromatic carbocycles. The molecule has 2 aliphatic heterocycles. The Bertz CT molecular complexity index is 1470. The first-order chi connectivity index (χ1) is 16.6. The maximum atomic E-state index is 13.6. The minimum absolute atomic E-state index is 0.0843. The van der Waals surface area contributed by atoms with Crippen LogP contribution in [-0.2, 0) is 13.1 Å². The van der Waals surface area contributed by atoms with Gasteiger partial charge in [0.15, 0.2) is 11.5 Å². The normalized spacial score (nSPS) is 14.6. The molecule has 34 heavy (non-hydrogen) atoms. The summed E-state index contributed by atoms with van der Waals surface area (Å²) in [6.45, 7) is 3.76. The molecule has 3 heterocycles. The number of benzene rings is 3. The van der Waals surface area contributed by atoms with Crippen molar-refractivity contribution in [2.45, 2.75) is 20.0 Å². The van der Waals surface area contributed by atoms with Gasteiger partial charge in [-0.2, -0.15) is 0 Å². The number of methoxy groups -OCH3 is 1. The maximum Gasteiger partial charge on any atom is 0.231 e. The van der Waals surface area contributed by atoms with E-state index in [1.807, 2.05) is 55.5 Å². The van der Waals surface area contributed by atoms with Gasteiger partial charge in [-0.15, -0.1) is 0 Å². The number of nitrogens with zero attached hydrogens (tertiary/aromatic N) is 1. The Hall–Kier alpha value is -3.97. The average Bonchev–Trinajstić information content (AvgIpc) is 3.32. The Labute approximate surface area is 196 Å². The first-order valence-electron chi connectivity index (χ1n) is 11.1. The van der Waals surface area contributed by atoms with Crippen molar-refractivity contribution in [2.75, 3.05) is 20.6 Å². The van der Waals surface area contributed by atoms with Crippen LogP contribution < -0.4 is 24.4 Å². The third-order valence-corrected chi connectivity index (χ3v) is 6.30. The topological polar surface area (TPSA) is 70.4 Å². The number of fused-ring (bicyclic) bond motifs is 4. The molecule has 0 bridgehead atoms. The van der Waals surface area contributed by atoms with E-state index in [-0.39, 0.29) is 12.2 Å². The lowest BCUT2D eigenvalue weighted by molar-refractivity contribution is 0.0889. The van der Waals surface area contributed by atoms with Crippen LogP contribution in [0.5, 0.6) is 23.0 Å². The fourth-order valence-electron chi connectivity index (χ4n) is 4.68. The molecule has 1 aromatic heterocycles. The van der Waals surface area contributed by atoms with Gasteiger partial charge in [-0.3, -0.25) is 9.69 Å². The van der Waals surface area contributed by atoms with Crippen LogP contribution >= 0.6 is 0 Å². The summed E-state index contributed by atoms with van der Waals surface area (Å²) >= 11 is 0. The van der Waals surface area contributed by atoms with Crippen LogP contribution in [0.3, 0.4) is 0 Å². The molecule has 2 aliphatic rings. The standard InChI is InChI=1S/C27H23NO6/c1-16-25(18-5-3-4-6-21(18)30-2)26(29)19-8-10-22-20(27(19)34-16)13-28(14-31-22)12-17-7-9-23-24(11-17)33-15-32-23/h3-11H,12-15H2,1-2H3. The number of hydrogen-bond acceptors (Lipinski definition) is 7. The molecule has 0 spiro atoms. The molecule has 0 N–H and O–H groups in total. The zero-order valence-corrected chi connectivity index (χ0v) is 18.9. The van der Waals surface area contributed by atoms with E-state index >= 15 is 0 Å². The summed E-state index contributed by atoms with van der Waals surface area (Å²) in [6.07, 6.45) is 0. The highest BCUT2D eigenvalue weighted by Gasteiger charge is 2.25. The number of hydrogen-bond donors (Lipinski definition) is 0. The van der Waals surface area contributed by atoms with E-state index in [9.17, 15) is 4.79 Å². The van der Waals surface area contributed by atoms with Gasteiger partial charge in [0.25, 0.3) is 0 Å². The molecular weight excluding hydrogens is 434 g/mol. The predicted octanol–water partition coefficient (Wildman–Crippen LogP) is 4.86. The molecule has 0 aliphatic carbocycles. The van der Waals surface area contributed by atoms with Crippen LogP contribution in [0, 0.1) is 6.92 Å². The van der Waals surface area contributed by atoms with E-state index in [0.717, 1.165) is 33.9 Å². The summed E-state index contributed by atoms with van der Waals surface area (Å²) in [4.78, 5) is 15.7. The zero-order chi connectivity index (χ0) is 23.2. The number of ether oxygens (including phenoxy) is 4. The maximum absolute atomic E-state index is 13.6. The quantitative estimate of drug-likeness (QED) is 0.434. The highest BCUT2D eigenvalue weighted by Crippen LogP contribution is 2.37. The Balaban J connectivity index is 1.38. The van der Waals surface area contributed by atoms with Gasteiger partial charge < -0.3 is 23.4 Å². The van der Waals surface area contributed by atoms with Gasteiger partial charge in [0.05, 0.1) is 23.6 Å². The van der Waals surface area contributed by atoms with Gasteiger partial charge >= 0.3 is 0 Å². The van der Waals surface area contributed by atoms with Gasteiger partial charge in [0, 0.05) is 18.7 Å². The number of rotatable bonds is 4. The summed E-state index contributed by atoms with van der Waals surface area (Å²) < 4.78 is 28.7. The van der Waals surface area contributed by atoms with Crippen LogP contribution in [-0.4, -0.2) is 25.5 Å². The summed E-state index contributed by atoms with van der Waals surface area (Å²) in [5, 5.41) is 0.527. The van der Waals surface area contributed by atoms with Crippen LogP contribution in [0.1, 0.15) is 16.9 Å². The summed E-state index contributed by atoms with van der Waals surface area (Å²) in [7, 11) is 1.60. The third-order valence-electron chi connectivity index (χ3n) is 6.30. The van der Waals surface area contributed by atoms with Crippen LogP contribution in [0.4, 0.5) is 0 Å². The van der Waals surface area contributed by atoms with Gasteiger partial charge in [0.1, 0.15) is 29.6 Å². The Morgan fingerprint density at radius 3 is 2.68 bits per heavy atom. The van der Waals surface area contributed by atoms with E-state index in [0.29, 0.717) is 47.9 Å². The van der Waals surface area contributed by atoms with Crippen molar-refractivity contribution in [3.8, 4) is 34.1 Å². The second kappa shape index (κ2) is 8.11. The Kier molecular flexibility index (Phi) is 4.92. The lowest BCUT2D eigenvalue weighted by Gasteiger charge is -2.29. The highest BCUT2D eigenvalue weighted by atomic mass is 16.7. The van der Waals surface area contributed by atoms with Crippen molar-refractivity contribution in [1.29, 1.82) is 0 Å². The van der Waals surface area contributed by atoms with E-state index < -0.39 is 0 Å². The second-order valence-electron chi connectivity index (χ2n) is 8.43. The third kappa shape index (κ3) is 3.36. The van der Waals surface area contributed by atoms with E-state index in [4.69, 9.17) is 23.4 Å². The fraction of sp³-hybridized carbons (Fsp3) is 0.222. The summed E-state index contributed by atoms with van der Waals surface area (Å²) in [6, 6.07) is 17.1. The summed E-state index contributed by atoms with van der Waals surface area (Å²) in [5.41, 5.74) is 3.67. The van der Waals surface area contributed by atoms with Crippen molar-refractivity contribution in [1.82, 2.24) is 4.90 Å². The molecule has 0 saturated carbocycles. The molecule has 172 valence electrons. The van der Waals surface area contributed by atoms with Crippen molar-refractivity contribution in [3.63, 3.8) is 0 Å².